The van der Waals surface area contributed by atoms with Crippen molar-refractivity contribution in [3.63, 3.8) is 0 Å². The van der Waals surface area contributed by atoms with Crippen LogP contribution >= 0.6 is 0 Å². The first kappa shape index (κ1) is 15.5. The van der Waals surface area contributed by atoms with Gasteiger partial charge in [0.05, 0.1) is 13.2 Å². The summed E-state index contributed by atoms with van der Waals surface area (Å²) >= 11 is 0. The van der Waals surface area contributed by atoms with Crippen LogP contribution in [0, 0.1) is 0 Å². The Morgan fingerprint density at radius 1 is 1.48 bits per heavy atom. The number of nitrogens with zero attached hydrogens (tertiary/aromatic N) is 2. The summed E-state index contributed by atoms with van der Waals surface area (Å²) in [5, 5.41) is 2.94. The average Bonchev–Trinajstić information content (AvgIpc) is 2.54. The van der Waals surface area contributed by atoms with Crippen molar-refractivity contribution in [2.45, 2.75) is 26.8 Å². The Balaban J connectivity index is 1.94. The Kier molecular flexibility index (Phi) is 5.75. The smallest absolute Gasteiger partial charge is 0.246 e. The number of hydrogen-bond acceptors (Lipinski definition) is 4. The summed E-state index contributed by atoms with van der Waals surface area (Å²) in [4.78, 5) is 18.5. The van der Waals surface area contributed by atoms with Gasteiger partial charge >= 0.3 is 0 Å². The van der Waals surface area contributed by atoms with E-state index in [9.17, 15) is 4.79 Å². The number of hydrogen-bond donors (Lipinski definition) is 1. The van der Waals surface area contributed by atoms with Crippen LogP contribution in [0.3, 0.4) is 0 Å². The minimum Gasteiger partial charge on any atom is -0.378 e. The minimum atomic E-state index is -0.0124. The number of allylic oxidation sites excluding steroid dienone is 1. The summed E-state index contributed by atoms with van der Waals surface area (Å²) in [5.74, 6) is 0.937. The van der Waals surface area contributed by atoms with Crippen molar-refractivity contribution >= 4 is 11.7 Å². The zero-order chi connectivity index (χ0) is 15.1. The van der Waals surface area contributed by atoms with Crippen molar-refractivity contribution in [1.82, 2.24) is 10.3 Å². The van der Waals surface area contributed by atoms with Gasteiger partial charge in [-0.25, -0.2) is 4.98 Å². The molecule has 1 N–H and O–H groups in total. The molecule has 0 radical (unpaired) electrons. The lowest BCUT2D eigenvalue weighted by atomic mass is 10.2. The molecule has 0 spiro atoms. The maximum Gasteiger partial charge on any atom is 0.246 e. The molecular weight excluding hydrogens is 266 g/mol. The molecule has 2 rings (SSSR count). The van der Waals surface area contributed by atoms with E-state index in [-0.39, 0.29) is 5.91 Å². The van der Waals surface area contributed by atoms with E-state index in [0.717, 1.165) is 49.7 Å². The van der Waals surface area contributed by atoms with E-state index in [1.807, 2.05) is 32.1 Å². The molecule has 1 aliphatic rings. The molecule has 1 aromatic rings. The van der Waals surface area contributed by atoms with Crippen LogP contribution in [0.2, 0.25) is 0 Å². The van der Waals surface area contributed by atoms with Gasteiger partial charge in [0, 0.05) is 31.4 Å². The third kappa shape index (κ3) is 4.56. The number of pyridine rings is 1. The third-order valence-electron chi connectivity index (χ3n) is 3.47. The third-order valence-corrected chi connectivity index (χ3v) is 3.47. The molecule has 1 aliphatic heterocycles. The monoisotopic (exact) mass is 289 g/mol. The van der Waals surface area contributed by atoms with Crippen LogP contribution in [0.25, 0.3) is 0 Å². The maximum absolute atomic E-state index is 11.9. The number of carbonyl (C=O) groups excluding carboxylic acids is 1. The second-order valence-electron chi connectivity index (χ2n) is 5.10. The standard InChI is InChI=1S/C16H23N3O2/c1-3-4-13(2)16(20)18-12-14-5-6-17-15(11-14)19-7-9-21-10-8-19/h4-6,11H,3,7-10,12H2,1-2H3,(H,18,20)/b13-4-. The first-order valence-corrected chi connectivity index (χ1v) is 7.43. The molecule has 1 amide bonds. The van der Waals surface area contributed by atoms with Crippen LogP contribution in [-0.2, 0) is 16.1 Å². The van der Waals surface area contributed by atoms with Gasteiger partial charge in [-0.15, -0.1) is 0 Å². The molecule has 0 bridgehead atoms. The van der Waals surface area contributed by atoms with Gasteiger partial charge < -0.3 is 15.0 Å². The SMILES string of the molecule is CC/C=C(/C)C(=O)NCc1ccnc(N2CCOCC2)c1. The number of anilines is 1. The van der Waals surface area contributed by atoms with Gasteiger partial charge in [0.15, 0.2) is 0 Å². The number of rotatable bonds is 5. The van der Waals surface area contributed by atoms with Gasteiger partial charge in [0.25, 0.3) is 0 Å². The quantitative estimate of drug-likeness (QED) is 0.841. The largest absolute Gasteiger partial charge is 0.378 e. The van der Waals surface area contributed by atoms with Crippen LogP contribution in [0.5, 0.6) is 0 Å². The Bertz CT molecular complexity index is 508. The van der Waals surface area contributed by atoms with E-state index >= 15 is 0 Å². The number of amides is 1. The molecule has 1 aromatic heterocycles. The Hall–Kier alpha value is -1.88. The average molecular weight is 289 g/mol. The molecule has 114 valence electrons. The van der Waals surface area contributed by atoms with Crippen molar-refractivity contribution < 1.29 is 9.53 Å². The fourth-order valence-corrected chi connectivity index (χ4v) is 2.26. The number of morpholine rings is 1. The van der Waals surface area contributed by atoms with Crippen molar-refractivity contribution in [1.29, 1.82) is 0 Å². The zero-order valence-corrected chi connectivity index (χ0v) is 12.8. The molecule has 0 aliphatic carbocycles. The highest BCUT2D eigenvalue weighted by Gasteiger charge is 2.12. The van der Waals surface area contributed by atoms with Gasteiger partial charge in [-0.2, -0.15) is 0 Å². The molecular formula is C16H23N3O2. The van der Waals surface area contributed by atoms with Crippen LogP contribution < -0.4 is 10.2 Å². The normalized spacial score (nSPS) is 15.9. The first-order chi connectivity index (χ1) is 10.2. The predicted molar refractivity (Wildman–Crippen MR) is 83.2 cm³/mol. The summed E-state index contributed by atoms with van der Waals surface area (Å²) in [5.41, 5.74) is 1.82. The maximum atomic E-state index is 11.9. The van der Waals surface area contributed by atoms with Gasteiger partial charge in [0.1, 0.15) is 5.82 Å². The number of nitrogens with one attached hydrogen (secondary N) is 1. The predicted octanol–water partition coefficient (Wildman–Crippen LogP) is 1.89. The second-order valence-corrected chi connectivity index (χ2v) is 5.10. The Morgan fingerprint density at radius 2 is 2.24 bits per heavy atom. The summed E-state index contributed by atoms with van der Waals surface area (Å²) in [6.45, 7) is 7.59. The zero-order valence-electron chi connectivity index (χ0n) is 12.8. The molecule has 0 aromatic carbocycles. The molecule has 1 fully saturated rings. The van der Waals surface area contributed by atoms with Crippen LogP contribution in [-0.4, -0.2) is 37.2 Å². The summed E-state index contributed by atoms with van der Waals surface area (Å²) in [7, 11) is 0. The Labute approximate surface area is 126 Å². The van der Waals surface area contributed by atoms with Gasteiger partial charge in [-0.1, -0.05) is 13.0 Å². The van der Waals surface area contributed by atoms with Crippen molar-refractivity contribution in [2.24, 2.45) is 0 Å². The molecule has 5 heteroatoms. The van der Waals surface area contributed by atoms with Crippen LogP contribution in [0.1, 0.15) is 25.8 Å². The molecule has 21 heavy (non-hydrogen) atoms. The van der Waals surface area contributed by atoms with Crippen molar-refractivity contribution in [3.05, 3.63) is 35.5 Å². The number of aromatic nitrogens is 1. The lowest BCUT2D eigenvalue weighted by Crippen LogP contribution is -2.36. The van der Waals surface area contributed by atoms with E-state index < -0.39 is 0 Å². The highest BCUT2D eigenvalue weighted by molar-refractivity contribution is 5.92. The molecule has 0 atom stereocenters. The highest BCUT2D eigenvalue weighted by atomic mass is 16.5. The fourth-order valence-electron chi connectivity index (χ4n) is 2.26. The minimum absolute atomic E-state index is 0.0124. The van der Waals surface area contributed by atoms with Gasteiger partial charge in [0.2, 0.25) is 5.91 Å². The van der Waals surface area contributed by atoms with Gasteiger partial charge in [-0.3, -0.25) is 4.79 Å². The fraction of sp³-hybridized carbons (Fsp3) is 0.500. The molecule has 1 saturated heterocycles. The van der Waals surface area contributed by atoms with Gasteiger partial charge in [-0.05, 0) is 31.0 Å². The molecule has 5 nitrogen and oxygen atoms in total. The topological polar surface area (TPSA) is 54.5 Å². The number of ether oxygens (including phenoxy) is 1. The highest BCUT2D eigenvalue weighted by Crippen LogP contribution is 2.14. The van der Waals surface area contributed by atoms with E-state index in [1.165, 1.54) is 0 Å². The summed E-state index contributed by atoms with van der Waals surface area (Å²) in [6.07, 6.45) is 4.59. The van der Waals surface area contributed by atoms with Crippen molar-refractivity contribution in [2.75, 3.05) is 31.2 Å². The van der Waals surface area contributed by atoms with E-state index in [1.54, 1.807) is 6.20 Å². The van der Waals surface area contributed by atoms with Crippen LogP contribution in [0.4, 0.5) is 5.82 Å². The molecule has 2 heterocycles. The first-order valence-electron chi connectivity index (χ1n) is 7.43. The van der Waals surface area contributed by atoms with E-state index in [4.69, 9.17) is 4.74 Å². The molecule has 0 unspecified atom stereocenters. The lowest BCUT2D eigenvalue weighted by Gasteiger charge is -2.28. The summed E-state index contributed by atoms with van der Waals surface area (Å²) in [6, 6.07) is 3.97. The second kappa shape index (κ2) is 7.78. The molecule has 0 saturated carbocycles. The summed E-state index contributed by atoms with van der Waals surface area (Å²) < 4.78 is 5.35. The number of carbonyl (C=O) groups is 1. The van der Waals surface area contributed by atoms with Crippen molar-refractivity contribution in [3.8, 4) is 0 Å². The van der Waals surface area contributed by atoms with E-state index in [2.05, 4.69) is 15.2 Å². The Morgan fingerprint density at radius 3 is 2.95 bits per heavy atom. The lowest BCUT2D eigenvalue weighted by molar-refractivity contribution is -0.117. The van der Waals surface area contributed by atoms with E-state index in [0.29, 0.717) is 6.54 Å². The van der Waals surface area contributed by atoms with Crippen LogP contribution in [0.15, 0.2) is 30.0 Å².